The van der Waals surface area contributed by atoms with Gasteiger partial charge in [-0.1, -0.05) is 6.07 Å². The van der Waals surface area contributed by atoms with Crippen LogP contribution < -0.4 is 21.3 Å². The number of nitrogens with two attached hydrogens (primary N) is 1. The van der Waals surface area contributed by atoms with E-state index in [4.69, 9.17) is 5.73 Å². The van der Waals surface area contributed by atoms with E-state index in [9.17, 15) is 9.59 Å². The fraction of sp³-hybridized carbons (Fsp3) is 0.429. The highest BCUT2D eigenvalue weighted by Gasteiger charge is 2.08. The highest BCUT2D eigenvalue weighted by Crippen LogP contribution is 2.19. The molecule has 0 saturated heterocycles. The number of rotatable bonds is 6. The molecule has 2 amide bonds. The molecule has 0 radical (unpaired) electrons. The lowest BCUT2D eigenvalue weighted by atomic mass is 10.2. The number of hydrogen-bond donors (Lipinski definition) is 3. The lowest BCUT2D eigenvalue weighted by Gasteiger charge is -2.24. The summed E-state index contributed by atoms with van der Waals surface area (Å²) in [4.78, 5) is 24.7. The van der Waals surface area contributed by atoms with E-state index in [0.29, 0.717) is 11.7 Å². The molecule has 126 valence electrons. The minimum absolute atomic E-state index is 0. The molecule has 0 unspecified atom stereocenters. The number of carbonyl (C=O) groups excluding carboxylic acids is 2. The monoisotopic (exact) mass is 350 g/mol. The first-order valence-electron chi connectivity index (χ1n) is 6.53. The third-order valence-corrected chi connectivity index (χ3v) is 2.94. The quantitative estimate of drug-likeness (QED) is 0.723. The van der Waals surface area contributed by atoms with Crippen LogP contribution in [0.15, 0.2) is 24.3 Å². The summed E-state index contributed by atoms with van der Waals surface area (Å²) < 4.78 is 0. The number of halogens is 2. The molecule has 0 spiro atoms. The number of nitrogens with zero attached hydrogens (tertiary/aromatic N) is 1. The predicted molar refractivity (Wildman–Crippen MR) is 95.2 cm³/mol. The minimum Gasteiger partial charge on any atom is -0.372 e. The average molecular weight is 351 g/mol. The SMILES string of the molecule is CC(C)N(C)c1cccc(NC(=O)CNC(=O)CN)c1.Cl.Cl. The minimum atomic E-state index is -0.353. The lowest BCUT2D eigenvalue weighted by molar-refractivity contribution is -0.123. The van der Waals surface area contributed by atoms with Gasteiger partial charge in [0.2, 0.25) is 11.8 Å². The van der Waals surface area contributed by atoms with Gasteiger partial charge in [0.05, 0.1) is 13.1 Å². The van der Waals surface area contributed by atoms with Crippen LogP contribution in [0.3, 0.4) is 0 Å². The van der Waals surface area contributed by atoms with Crippen molar-refractivity contribution in [2.45, 2.75) is 19.9 Å². The lowest BCUT2D eigenvalue weighted by Crippen LogP contribution is -2.36. The summed E-state index contributed by atoms with van der Waals surface area (Å²) in [5.74, 6) is -0.635. The summed E-state index contributed by atoms with van der Waals surface area (Å²) in [6, 6.07) is 7.92. The van der Waals surface area contributed by atoms with Crippen LogP contribution in [0.2, 0.25) is 0 Å². The van der Waals surface area contributed by atoms with E-state index in [-0.39, 0.29) is 49.7 Å². The number of nitrogens with one attached hydrogen (secondary N) is 2. The Labute approximate surface area is 143 Å². The molecule has 8 heteroatoms. The third-order valence-electron chi connectivity index (χ3n) is 2.94. The van der Waals surface area contributed by atoms with Crippen LogP contribution in [0.5, 0.6) is 0 Å². The molecule has 0 heterocycles. The van der Waals surface area contributed by atoms with E-state index < -0.39 is 0 Å². The van der Waals surface area contributed by atoms with E-state index in [1.54, 1.807) is 6.07 Å². The van der Waals surface area contributed by atoms with E-state index in [0.717, 1.165) is 5.69 Å². The molecule has 1 aromatic rings. The van der Waals surface area contributed by atoms with Crippen molar-refractivity contribution in [3.05, 3.63) is 24.3 Å². The van der Waals surface area contributed by atoms with Crippen molar-refractivity contribution < 1.29 is 9.59 Å². The van der Waals surface area contributed by atoms with Crippen LogP contribution in [-0.4, -0.2) is 38.0 Å². The highest BCUT2D eigenvalue weighted by atomic mass is 35.5. The average Bonchev–Trinajstić information content (AvgIpc) is 2.44. The maximum absolute atomic E-state index is 11.7. The zero-order chi connectivity index (χ0) is 15.1. The summed E-state index contributed by atoms with van der Waals surface area (Å²) in [5.41, 5.74) is 6.86. The van der Waals surface area contributed by atoms with Crippen molar-refractivity contribution in [3.8, 4) is 0 Å². The van der Waals surface area contributed by atoms with Gasteiger partial charge in [-0.05, 0) is 32.0 Å². The van der Waals surface area contributed by atoms with Gasteiger partial charge in [-0.15, -0.1) is 24.8 Å². The standard InChI is InChI=1S/C14H22N4O2.2ClH/c1-10(2)18(3)12-6-4-5-11(7-12)17-14(20)9-16-13(19)8-15;;/h4-7,10H,8-9,15H2,1-3H3,(H,16,19)(H,17,20);2*1H. The maximum atomic E-state index is 11.7. The van der Waals surface area contributed by atoms with Crippen LogP contribution in [0.1, 0.15) is 13.8 Å². The van der Waals surface area contributed by atoms with Crippen molar-refractivity contribution in [1.29, 1.82) is 0 Å². The second kappa shape index (κ2) is 11.1. The Bertz CT molecular complexity index is 484. The molecule has 0 atom stereocenters. The molecular weight excluding hydrogens is 327 g/mol. The smallest absolute Gasteiger partial charge is 0.243 e. The van der Waals surface area contributed by atoms with Crippen molar-refractivity contribution in [2.75, 3.05) is 30.4 Å². The van der Waals surface area contributed by atoms with Gasteiger partial charge in [0.1, 0.15) is 0 Å². The number of carbonyl (C=O) groups is 2. The van der Waals surface area contributed by atoms with Crippen LogP contribution >= 0.6 is 24.8 Å². The summed E-state index contributed by atoms with van der Waals surface area (Å²) in [7, 11) is 1.99. The van der Waals surface area contributed by atoms with E-state index in [1.807, 2.05) is 25.2 Å². The Balaban J connectivity index is 0. The van der Waals surface area contributed by atoms with E-state index >= 15 is 0 Å². The van der Waals surface area contributed by atoms with Crippen LogP contribution in [0, 0.1) is 0 Å². The number of hydrogen-bond acceptors (Lipinski definition) is 4. The molecule has 0 bridgehead atoms. The number of benzene rings is 1. The van der Waals surface area contributed by atoms with Gasteiger partial charge in [-0.3, -0.25) is 9.59 Å². The second-order valence-electron chi connectivity index (χ2n) is 4.78. The molecule has 6 nitrogen and oxygen atoms in total. The largest absolute Gasteiger partial charge is 0.372 e. The Kier molecular flexibility index (Phi) is 11.5. The second-order valence-corrected chi connectivity index (χ2v) is 4.78. The third kappa shape index (κ3) is 7.49. The van der Waals surface area contributed by atoms with Crippen molar-refractivity contribution in [2.24, 2.45) is 5.73 Å². The maximum Gasteiger partial charge on any atom is 0.243 e. The predicted octanol–water partition coefficient (Wildman–Crippen LogP) is 1.39. The van der Waals surface area contributed by atoms with Gasteiger partial charge >= 0.3 is 0 Å². The molecule has 0 aliphatic heterocycles. The topological polar surface area (TPSA) is 87.5 Å². The zero-order valence-corrected chi connectivity index (χ0v) is 14.6. The first-order chi connectivity index (χ1) is 9.43. The molecule has 22 heavy (non-hydrogen) atoms. The van der Waals surface area contributed by atoms with Crippen LogP contribution in [0.25, 0.3) is 0 Å². The Morgan fingerprint density at radius 2 is 1.86 bits per heavy atom. The van der Waals surface area contributed by atoms with Gasteiger partial charge < -0.3 is 21.3 Å². The van der Waals surface area contributed by atoms with Gasteiger partial charge in [-0.25, -0.2) is 0 Å². The van der Waals surface area contributed by atoms with Gasteiger partial charge in [0, 0.05) is 24.5 Å². The normalized spacial score (nSPS) is 9.32. The van der Waals surface area contributed by atoms with Crippen molar-refractivity contribution >= 4 is 48.0 Å². The van der Waals surface area contributed by atoms with Gasteiger partial charge in [0.25, 0.3) is 0 Å². The Hall–Kier alpha value is -1.50. The molecule has 0 aromatic heterocycles. The van der Waals surface area contributed by atoms with E-state index in [2.05, 4.69) is 29.4 Å². The summed E-state index contributed by atoms with van der Waals surface area (Å²) in [6.07, 6.45) is 0. The zero-order valence-electron chi connectivity index (χ0n) is 13.0. The fourth-order valence-electron chi connectivity index (χ4n) is 1.56. The highest BCUT2D eigenvalue weighted by molar-refractivity contribution is 5.95. The molecule has 1 rings (SSSR count). The van der Waals surface area contributed by atoms with Gasteiger partial charge in [0.15, 0.2) is 0 Å². The molecule has 1 aromatic carbocycles. The van der Waals surface area contributed by atoms with Gasteiger partial charge in [-0.2, -0.15) is 0 Å². The van der Waals surface area contributed by atoms with E-state index in [1.165, 1.54) is 0 Å². The van der Waals surface area contributed by atoms with Crippen molar-refractivity contribution in [3.63, 3.8) is 0 Å². The number of amides is 2. The first-order valence-corrected chi connectivity index (χ1v) is 6.53. The summed E-state index contributed by atoms with van der Waals surface area (Å²) >= 11 is 0. The Morgan fingerprint density at radius 3 is 2.41 bits per heavy atom. The molecule has 4 N–H and O–H groups in total. The van der Waals surface area contributed by atoms with Crippen molar-refractivity contribution in [1.82, 2.24) is 5.32 Å². The molecule has 0 fully saturated rings. The first kappa shape index (κ1) is 22.8. The summed E-state index contributed by atoms with van der Waals surface area (Å²) in [5, 5.41) is 5.16. The van der Waals surface area contributed by atoms with Crippen LogP contribution in [-0.2, 0) is 9.59 Å². The fourth-order valence-corrected chi connectivity index (χ4v) is 1.56. The molecule has 0 aliphatic carbocycles. The van der Waals surface area contributed by atoms with Crippen LogP contribution in [0.4, 0.5) is 11.4 Å². The Morgan fingerprint density at radius 1 is 1.23 bits per heavy atom. The number of anilines is 2. The molecule has 0 aliphatic rings. The molecular formula is C14H24Cl2N4O2. The molecule has 0 saturated carbocycles. The summed E-state index contributed by atoms with van der Waals surface area (Å²) in [6.45, 7) is 3.98.